The molecule has 0 fully saturated rings. The Kier molecular flexibility index (Phi) is 9.06. The predicted octanol–water partition coefficient (Wildman–Crippen LogP) is 5.17. The molecule has 1 aromatic rings. The summed E-state index contributed by atoms with van der Waals surface area (Å²) in [7, 11) is 0. The maximum Gasteiger partial charge on any atom is 0.135 e. The molecule has 0 saturated heterocycles. The Balaban J connectivity index is 0.00000191. The number of halogens is 1. The van der Waals surface area contributed by atoms with Crippen molar-refractivity contribution in [2.75, 3.05) is 0 Å². The number of hydrogen-bond donors (Lipinski definition) is 1. The van der Waals surface area contributed by atoms with E-state index >= 15 is 0 Å². The van der Waals surface area contributed by atoms with E-state index in [0.717, 1.165) is 0 Å². The van der Waals surface area contributed by atoms with Gasteiger partial charge < -0.3 is 10.5 Å². The molecule has 0 aliphatic rings. The molecule has 2 nitrogen and oxygen atoms in total. The second kappa shape index (κ2) is 9.94. The molecule has 0 radical (unpaired) electrons. The van der Waals surface area contributed by atoms with Gasteiger partial charge in [0, 0.05) is 29.7 Å². The molecule has 0 aliphatic carbocycles. The minimum Gasteiger partial charge on any atom is -0.466 e. The highest BCUT2D eigenvalue weighted by Crippen LogP contribution is 2.26. The summed E-state index contributed by atoms with van der Waals surface area (Å²) in [6, 6.07) is 5.12. The molecule has 0 amide bonds. The van der Waals surface area contributed by atoms with Crippen LogP contribution in [0.15, 0.2) is 49.0 Å². The van der Waals surface area contributed by atoms with Crippen LogP contribution in [0.2, 0.25) is 0 Å². The molecule has 0 unspecified atom stereocenters. The summed E-state index contributed by atoms with van der Waals surface area (Å²) in [5.41, 5.74) is 7.04. The maximum atomic E-state index is 14.2. The third kappa shape index (κ3) is 5.20. The lowest BCUT2D eigenvalue weighted by Crippen LogP contribution is -2.03. The van der Waals surface area contributed by atoms with Crippen LogP contribution in [-0.2, 0) is 11.3 Å². The quantitative estimate of drug-likeness (QED) is 0.580. The Morgan fingerprint density at radius 2 is 2.00 bits per heavy atom. The van der Waals surface area contributed by atoms with Crippen molar-refractivity contribution in [3.05, 3.63) is 65.9 Å². The average Bonchev–Trinajstić information content (AvgIpc) is 2.51. The topological polar surface area (TPSA) is 35.2 Å². The van der Waals surface area contributed by atoms with E-state index in [1.165, 1.54) is 0 Å². The smallest absolute Gasteiger partial charge is 0.135 e. The van der Waals surface area contributed by atoms with E-state index in [1.54, 1.807) is 31.2 Å². The molecule has 116 valence electrons. The first-order valence-electron chi connectivity index (χ1n) is 7.21. The average molecular weight is 291 g/mol. The summed E-state index contributed by atoms with van der Waals surface area (Å²) < 4.78 is 19.8. The van der Waals surface area contributed by atoms with Crippen LogP contribution in [0.3, 0.4) is 0 Å². The summed E-state index contributed by atoms with van der Waals surface area (Å²) >= 11 is 0. The van der Waals surface area contributed by atoms with Crippen molar-refractivity contribution in [2.24, 2.45) is 5.73 Å². The summed E-state index contributed by atoms with van der Waals surface area (Å²) in [4.78, 5) is 0. The summed E-state index contributed by atoms with van der Waals surface area (Å²) in [5, 5.41) is 0. The molecule has 0 saturated carbocycles. The van der Waals surface area contributed by atoms with E-state index in [0.29, 0.717) is 34.6 Å². The van der Waals surface area contributed by atoms with Crippen molar-refractivity contribution < 1.29 is 9.13 Å². The molecular weight excluding hydrogens is 265 g/mol. The molecule has 21 heavy (non-hydrogen) atoms. The molecule has 2 N–H and O–H groups in total. The fourth-order valence-corrected chi connectivity index (χ4v) is 1.73. The molecule has 0 atom stereocenters. The maximum absolute atomic E-state index is 14.2. The van der Waals surface area contributed by atoms with Gasteiger partial charge in [-0.2, -0.15) is 0 Å². The zero-order chi connectivity index (χ0) is 16.4. The molecule has 0 aliphatic heterocycles. The van der Waals surface area contributed by atoms with E-state index in [4.69, 9.17) is 10.5 Å². The van der Waals surface area contributed by atoms with Gasteiger partial charge in [0.05, 0.1) is 5.76 Å². The summed E-state index contributed by atoms with van der Waals surface area (Å²) in [5.74, 6) is 0.882. The molecule has 0 aromatic heterocycles. The lowest BCUT2D eigenvalue weighted by atomic mass is 10.0. The standard InChI is InChI=1S/C16H20FNO.C2H6/c1-5-11(3)19-12(4)14(6-2)15-9-7-8-13(10-18)16(15)17;1-2/h6-9H,2-3,5,10,18H2,1,4H3;1-2H3/b14-12-;. The minimum absolute atomic E-state index is 0.158. The number of ether oxygens (including phenoxy) is 1. The van der Waals surface area contributed by atoms with Crippen LogP contribution < -0.4 is 5.73 Å². The van der Waals surface area contributed by atoms with Crippen molar-refractivity contribution in [3.63, 3.8) is 0 Å². The zero-order valence-electron chi connectivity index (χ0n) is 13.5. The first kappa shape index (κ1) is 19.1. The van der Waals surface area contributed by atoms with E-state index in [2.05, 4.69) is 13.2 Å². The van der Waals surface area contributed by atoms with Gasteiger partial charge in [-0.3, -0.25) is 0 Å². The normalized spacial score (nSPS) is 11.0. The second-order valence-electron chi connectivity index (χ2n) is 4.15. The van der Waals surface area contributed by atoms with Crippen LogP contribution in [0.25, 0.3) is 5.57 Å². The Hall–Kier alpha value is -1.87. The minimum atomic E-state index is -0.329. The van der Waals surface area contributed by atoms with Crippen molar-refractivity contribution in [1.29, 1.82) is 0 Å². The van der Waals surface area contributed by atoms with Crippen LogP contribution >= 0.6 is 0 Å². The molecule has 0 bridgehead atoms. The van der Waals surface area contributed by atoms with Crippen molar-refractivity contribution >= 4 is 5.57 Å². The second-order valence-corrected chi connectivity index (χ2v) is 4.15. The Bertz CT molecular complexity index is 518. The van der Waals surface area contributed by atoms with Crippen LogP contribution in [0.1, 0.15) is 45.2 Å². The van der Waals surface area contributed by atoms with Gasteiger partial charge in [-0.05, 0) is 6.92 Å². The lowest BCUT2D eigenvalue weighted by Gasteiger charge is -2.13. The zero-order valence-corrected chi connectivity index (χ0v) is 13.5. The van der Waals surface area contributed by atoms with Crippen LogP contribution in [-0.4, -0.2) is 0 Å². The highest BCUT2D eigenvalue weighted by Gasteiger charge is 2.12. The molecular formula is C18H26FNO. The van der Waals surface area contributed by atoms with E-state index in [-0.39, 0.29) is 12.4 Å². The van der Waals surface area contributed by atoms with E-state index in [9.17, 15) is 4.39 Å². The molecule has 3 heteroatoms. The lowest BCUT2D eigenvalue weighted by molar-refractivity contribution is 0.300. The molecule has 0 heterocycles. The first-order valence-corrected chi connectivity index (χ1v) is 7.21. The van der Waals surface area contributed by atoms with Gasteiger partial charge in [-0.1, -0.05) is 58.2 Å². The summed E-state index contributed by atoms with van der Waals surface area (Å²) in [6.07, 6.45) is 2.28. The van der Waals surface area contributed by atoms with Crippen molar-refractivity contribution in [3.8, 4) is 0 Å². The highest BCUT2D eigenvalue weighted by molar-refractivity contribution is 5.75. The van der Waals surface area contributed by atoms with Gasteiger partial charge in [0.25, 0.3) is 0 Å². The summed E-state index contributed by atoms with van der Waals surface area (Å²) in [6.45, 7) is 15.4. The van der Waals surface area contributed by atoms with Crippen molar-refractivity contribution in [2.45, 2.75) is 40.7 Å². The Labute approximate surface area is 127 Å². The molecule has 1 aromatic carbocycles. The van der Waals surface area contributed by atoms with Crippen LogP contribution in [0, 0.1) is 5.82 Å². The van der Waals surface area contributed by atoms with Crippen molar-refractivity contribution in [1.82, 2.24) is 0 Å². The van der Waals surface area contributed by atoms with Gasteiger partial charge in [-0.25, -0.2) is 4.39 Å². The molecule has 1 rings (SSSR count). The number of benzene rings is 1. The Morgan fingerprint density at radius 1 is 1.38 bits per heavy atom. The molecule has 0 spiro atoms. The van der Waals surface area contributed by atoms with Crippen LogP contribution in [0.4, 0.5) is 4.39 Å². The van der Waals surface area contributed by atoms with Gasteiger partial charge >= 0.3 is 0 Å². The fourth-order valence-electron chi connectivity index (χ4n) is 1.73. The fraction of sp³-hybridized carbons (Fsp3) is 0.333. The number of allylic oxidation sites excluding steroid dienone is 4. The van der Waals surface area contributed by atoms with Gasteiger partial charge in [0.2, 0.25) is 0 Å². The van der Waals surface area contributed by atoms with E-state index in [1.807, 2.05) is 20.8 Å². The SMILES string of the molecule is C=C/C(=C(\C)OC(=C)CC)c1cccc(CN)c1F.CC. The largest absolute Gasteiger partial charge is 0.466 e. The number of nitrogens with two attached hydrogens (primary N) is 1. The van der Waals surface area contributed by atoms with Gasteiger partial charge in [-0.15, -0.1) is 0 Å². The van der Waals surface area contributed by atoms with Crippen LogP contribution in [0.5, 0.6) is 0 Å². The monoisotopic (exact) mass is 291 g/mol. The number of hydrogen-bond acceptors (Lipinski definition) is 2. The predicted molar refractivity (Wildman–Crippen MR) is 88.9 cm³/mol. The third-order valence-corrected chi connectivity index (χ3v) is 2.86. The van der Waals surface area contributed by atoms with Gasteiger partial charge in [0.15, 0.2) is 0 Å². The number of rotatable bonds is 6. The van der Waals surface area contributed by atoms with Gasteiger partial charge in [0.1, 0.15) is 11.6 Å². The highest BCUT2D eigenvalue weighted by atomic mass is 19.1. The van der Waals surface area contributed by atoms with E-state index < -0.39 is 0 Å². The Morgan fingerprint density at radius 3 is 2.48 bits per heavy atom. The third-order valence-electron chi connectivity index (χ3n) is 2.86. The first-order chi connectivity index (χ1) is 10.0.